The topological polar surface area (TPSA) is 77.8 Å². The first-order chi connectivity index (χ1) is 18.4. The lowest BCUT2D eigenvalue weighted by atomic mass is 10.1. The molecule has 0 unspecified atom stereocenters. The Morgan fingerprint density at radius 3 is 2.31 bits per heavy atom. The van der Waals surface area contributed by atoms with E-state index in [1.54, 1.807) is 52.1 Å². The molecule has 9 heteroatoms. The zero-order chi connectivity index (χ0) is 28.2. The van der Waals surface area contributed by atoms with E-state index in [0.29, 0.717) is 11.3 Å². The minimum Gasteiger partial charge on any atom is -0.489 e. The quantitative estimate of drug-likeness (QED) is 0.251. The molecule has 204 valence electrons. The van der Waals surface area contributed by atoms with Crippen molar-refractivity contribution in [2.24, 2.45) is 0 Å². The number of aromatic nitrogens is 1. The molecule has 0 aliphatic heterocycles. The van der Waals surface area contributed by atoms with Gasteiger partial charge in [0.05, 0.1) is 17.1 Å². The van der Waals surface area contributed by atoms with Crippen molar-refractivity contribution in [3.8, 4) is 17.0 Å². The minimum absolute atomic E-state index is 0.0201. The minimum atomic E-state index is -4.17. The zero-order valence-corrected chi connectivity index (χ0v) is 23.1. The van der Waals surface area contributed by atoms with E-state index >= 15 is 0 Å². The van der Waals surface area contributed by atoms with Gasteiger partial charge in [-0.2, -0.15) is 0 Å². The number of hydrogen-bond acceptors (Lipinski definition) is 5. The highest BCUT2D eigenvalue weighted by molar-refractivity contribution is 7.90. The second-order valence-electron chi connectivity index (χ2n) is 10.1. The first-order valence-electron chi connectivity index (χ1n) is 12.4. The van der Waals surface area contributed by atoms with Gasteiger partial charge in [-0.05, 0) is 62.2 Å². The summed E-state index contributed by atoms with van der Waals surface area (Å²) in [6.45, 7) is 5.61. The van der Waals surface area contributed by atoms with Gasteiger partial charge < -0.3 is 14.4 Å². The zero-order valence-electron chi connectivity index (χ0n) is 22.3. The van der Waals surface area contributed by atoms with Crippen LogP contribution in [0.15, 0.2) is 96.0 Å². The molecule has 0 spiro atoms. The van der Waals surface area contributed by atoms with Crippen LogP contribution in [-0.4, -0.2) is 36.0 Å². The van der Waals surface area contributed by atoms with E-state index in [1.807, 2.05) is 30.3 Å². The number of carbonyl (C=O) groups is 1. The Labute approximate surface area is 228 Å². The predicted molar refractivity (Wildman–Crippen MR) is 147 cm³/mol. The fraction of sp³-hybridized carbons (Fsp3) is 0.233. The molecule has 0 bridgehead atoms. The SMILES string of the molecule is CN(Cc1cc(-c2ccccc2F)n(S(=O)(=O)c2cccc(OCc3ccccc3)c2)c1)C(=O)OC(C)(C)C. The second-order valence-corrected chi connectivity index (χ2v) is 11.9. The summed E-state index contributed by atoms with van der Waals surface area (Å²) in [5, 5.41) is 0. The summed E-state index contributed by atoms with van der Waals surface area (Å²) in [7, 11) is -2.62. The molecule has 0 N–H and O–H groups in total. The van der Waals surface area contributed by atoms with E-state index < -0.39 is 27.5 Å². The third-order valence-corrected chi connectivity index (χ3v) is 7.40. The summed E-state index contributed by atoms with van der Waals surface area (Å²) in [5.74, 6) is -0.191. The number of hydrogen-bond donors (Lipinski definition) is 0. The molecule has 0 fully saturated rings. The molecular formula is C30H31FN2O5S. The summed E-state index contributed by atoms with van der Waals surface area (Å²) in [6.07, 6.45) is 0.837. The number of nitrogens with zero attached hydrogens (tertiary/aromatic N) is 2. The van der Waals surface area contributed by atoms with E-state index in [9.17, 15) is 17.6 Å². The largest absolute Gasteiger partial charge is 0.489 e. The van der Waals surface area contributed by atoms with Gasteiger partial charge in [0.25, 0.3) is 10.0 Å². The Bertz CT molecular complexity index is 1560. The van der Waals surface area contributed by atoms with Crippen molar-refractivity contribution in [3.05, 3.63) is 108 Å². The van der Waals surface area contributed by atoms with Crippen LogP contribution in [0.3, 0.4) is 0 Å². The molecule has 0 saturated heterocycles. The van der Waals surface area contributed by atoms with E-state index in [2.05, 4.69) is 0 Å². The second kappa shape index (κ2) is 11.3. The van der Waals surface area contributed by atoms with E-state index in [0.717, 1.165) is 9.54 Å². The van der Waals surface area contributed by atoms with Crippen LogP contribution >= 0.6 is 0 Å². The summed E-state index contributed by atoms with van der Waals surface area (Å²) < 4.78 is 54.9. The van der Waals surface area contributed by atoms with E-state index in [-0.39, 0.29) is 29.3 Å². The summed E-state index contributed by atoms with van der Waals surface area (Å²) in [4.78, 5) is 13.8. The molecule has 1 amide bonds. The van der Waals surface area contributed by atoms with Gasteiger partial charge in [-0.1, -0.05) is 48.5 Å². The summed E-state index contributed by atoms with van der Waals surface area (Å²) in [5.41, 5.74) is 0.991. The Kier molecular flexibility index (Phi) is 8.11. The van der Waals surface area contributed by atoms with Crippen LogP contribution < -0.4 is 4.74 Å². The number of benzene rings is 3. The number of rotatable bonds is 8. The van der Waals surface area contributed by atoms with Crippen LogP contribution in [0.2, 0.25) is 0 Å². The number of amides is 1. The average Bonchev–Trinajstić information content (AvgIpc) is 3.32. The molecule has 4 rings (SSSR count). The Morgan fingerprint density at radius 1 is 0.923 bits per heavy atom. The number of ether oxygens (including phenoxy) is 2. The lowest BCUT2D eigenvalue weighted by Crippen LogP contribution is -2.33. The van der Waals surface area contributed by atoms with Crippen molar-refractivity contribution < 1.29 is 27.1 Å². The molecule has 1 heterocycles. The third kappa shape index (κ3) is 6.86. The van der Waals surface area contributed by atoms with Crippen molar-refractivity contribution in [2.45, 2.75) is 44.4 Å². The van der Waals surface area contributed by atoms with Crippen LogP contribution in [-0.2, 0) is 27.9 Å². The van der Waals surface area contributed by atoms with Gasteiger partial charge in [0.2, 0.25) is 0 Å². The van der Waals surface area contributed by atoms with Crippen LogP contribution in [0.4, 0.5) is 9.18 Å². The third-order valence-electron chi connectivity index (χ3n) is 5.73. The molecule has 0 saturated carbocycles. The van der Waals surface area contributed by atoms with Crippen LogP contribution in [0, 0.1) is 5.82 Å². The van der Waals surface area contributed by atoms with E-state index in [1.165, 1.54) is 41.4 Å². The standard InChI is InChI=1S/C30H31FN2O5S/c1-30(2,3)38-29(34)32(4)19-23-17-28(26-15-8-9-16-27(26)31)33(20-23)39(35,36)25-14-10-13-24(18-25)37-21-22-11-6-5-7-12-22/h5-18,20H,19,21H2,1-4H3. The van der Waals surface area contributed by atoms with Gasteiger partial charge >= 0.3 is 6.09 Å². The molecule has 39 heavy (non-hydrogen) atoms. The maximum Gasteiger partial charge on any atom is 0.410 e. The molecule has 1 aromatic heterocycles. The van der Waals surface area contributed by atoms with Gasteiger partial charge in [-0.15, -0.1) is 0 Å². The fourth-order valence-corrected chi connectivity index (χ4v) is 5.33. The van der Waals surface area contributed by atoms with E-state index in [4.69, 9.17) is 9.47 Å². The summed E-state index contributed by atoms with van der Waals surface area (Å²) in [6, 6.07) is 23.2. The predicted octanol–water partition coefficient (Wildman–Crippen LogP) is 6.48. The molecule has 0 radical (unpaired) electrons. The highest BCUT2D eigenvalue weighted by atomic mass is 32.2. The van der Waals surface area contributed by atoms with Crippen LogP contribution in [0.1, 0.15) is 31.9 Å². The maximum atomic E-state index is 14.8. The van der Waals surface area contributed by atoms with Gasteiger partial charge in [-0.3, -0.25) is 0 Å². The highest BCUT2D eigenvalue weighted by Gasteiger charge is 2.25. The van der Waals surface area contributed by atoms with Crippen molar-refractivity contribution in [1.29, 1.82) is 0 Å². The molecule has 7 nitrogen and oxygen atoms in total. The van der Waals surface area contributed by atoms with Gasteiger partial charge in [0, 0.05) is 24.9 Å². The molecule has 4 aromatic rings. The first kappa shape index (κ1) is 27.9. The Morgan fingerprint density at radius 2 is 1.62 bits per heavy atom. The monoisotopic (exact) mass is 550 g/mol. The fourth-order valence-electron chi connectivity index (χ4n) is 3.90. The maximum absolute atomic E-state index is 14.8. The van der Waals surface area contributed by atoms with Gasteiger partial charge in [0.15, 0.2) is 0 Å². The average molecular weight is 551 g/mol. The van der Waals surface area contributed by atoms with Crippen molar-refractivity contribution in [1.82, 2.24) is 8.87 Å². The Hall–Kier alpha value is -4.11. The highest BCUT2D eigenvalue weighted by Crippen LogP contribution is 2.30. The summed E-state index contributed by atoms with van der Waals surface area (Å²) >= 11 is 0. The molecule has 3 aromatic carbocycles. The molecule has 0 atom stereocenters. The number of halogens is 1. The smallest absolute Gasteiger partial charge is 0.410 e. The Balaban J connectivity index is 1.69. The number of carbonyl (C=O) groups excluding carboxylic acids is 1. The van der Waals surface area contributed by atoms with Crippen molar-refractivity contribution in [2.75, 3.05) is 7.05 Å². The molecular weight excluding hydrogens is 519 g/mol. The van der Waals surface area contributed by atoms with Gasteiger partial charge in [-0.25, -0.2) is 21.6 Å². The van der Waals surface area contributed by atoms with Crippen LogP contribution in [0.5, 0.6) is 5.75 Å². The normalized spacial score (nSPS) is 11.7. The van der Waals surface area contributed by atoms with Gasteiger partial charge in [0.1, 0.15) is 23.8 Å². The first-order valence-corrected chi connectivity index (χ1v) is 13.8. The van der Waals surface area contributed by atoms with Crippen molar-refractivity contribution in [3.63, 3.8) is 0 Å². The lowest BCUT2D eigenvalue weighted by molar-refractivity contribution is 0.0285. The van der Waals surface area contributed by atoms with Crippen LogP contribution in [0.25, 0.3) is 11.3 Å². The van der Waals surface area contributed by atoms with Crippen molar-refractivity contribution >= 4 is 16.1 Å². The lowest BCUT2D eigenvalue weighted by Gasteiger charge is -2.24. The molecule has 0 aliphatic carbocycles. The molecule has 0 aliphatic rings.